The van der Waals surface area contributed by atoms with Crippen LogP contribution in [0.25, 0.3) is 0 Å². The first-order valence-electron chi connectivity index (χ1n) is 8.68. The van der Waals surface area contributed by atoms with Crippen molar-refractivity contribution in [2.45, 2.75) is 71.9 Å². The minimum atomic E-state index is -0.508. The Morgan fingerprint density at radius 2 is 1.95 bits per heavy atom. The summed E-state index contributed by atoms with van der Waals surface area (Å²) in [6.07, 6.45) is 4.40. The summed E-state index contributed by atoms with van der Waals surface area (Å²) in [4.78, 5) is 15.1. The number of hydrogen-bond acceptors (Lipinski definition) is 4. The molecule has 0 bridgehead atoms. The number of ether oxygens (including phenoxy) is 1. The zero-order valence-corrected chi connectivity index (χ0v) is 14.6. The van der Waals surface area contributed by atoms with E-state index in [1.165, 1.54) is 0 Å². The third-order valence-electron chi connectivity index (χ3n) is 4.30. The second-order valence-corrected chi connectivity index (χ2v) is 6.46. The van der Waals surface area contributed by atoms with E-state index in [0.29, 0.717) is 18.6 Å². The van der Waals surface area contributed by atoms with E-state index in [9.17, 15) is 4.79 Å². The van der Waals surface area contributed by atoms with Gasteiger partial charge in [0, 0.05) is 12.6 Å². The fourth-order valence-electron chi connectivity index (χ4n) is 2.94. The van der Waals surface area contributed by atoms with Crippen molar-refractivity contribution in [2.24, 2.45) is 5.92 Å². The van der Waals surface area contributed by atoms with Crippen LogP contribution in [0.5, 0.6) is 0 Å². The maximum absolute atomic E-state index is 12.7. The Labute approximate surface area is 130 Å². The molecule has 1 unspecified atom stereocenters. The molecule has 124 valence electrons. The molecular weight excluding hydrogens is 264 g/mol. The van der Waals surface area contributed by atoms with Gasteiger partial charge in [0.15, 0.2) is 0 Å². The molecule has 0 spiro atoms. The summed E-state index contributed by atoms with van der Waals surface area (Å²) in [5.41, 5.74) is -0.508. The standard InChI is InChI=1S/C17H34N2O2/c1-6-11-18-17(15-9-10-15,16(20)21-8-3)13-19(12-7-2)14(4)5/h14-15,18H,6-13H2,1-5H3. The minimum absolute atomic E-state index is 0.0531. The molecule has 0 amide bonds. The van der Waals surface area contributed by atoms with E-state index in [1.54, 1.807) is 0 Å². The van der Waals surface area contributed by atoms with Gasteiger partial charge in [-0.3, -0.25) is 4.90 Å². The molecule has 1 rings (SSSR count). The van der Waals surface area contributed by atoms with Gasteiger partial charge in [0.1, 0.15) is 5.54 Å². The van der Waals surface area contributed by atoms with E-state index in [4.69, 9.17) is 4.74 Å². The Balaban J connectivity index is 2.94. The first-order valence-corrected chi connectivity index (χ1v) is 8.68. The molecule has 1 N–H and O–H groups in total. The highest BCUT2D eigenvalue weighted by atomic mass is 16.5. The highest BCUT2D eigenvalue weighted by molar-refractivity contribution is 5.82. The number of rotatable bonds is 11. The molecule has 4 heteroatoms. The van der Waals surface area contributed by atoms with Gasteiger partial charge in [-0.2, -0.15) is 0 Å². The van der Waals surface area contributed by atoms with Crippen LogP contribution in [-0.2, 0) is 9.53 Å². The third kappa shape index (κ3) is 4.96. The van der Waals surface area contributed by atoms with E-state index in [-0.39, 0.29) is 5.97 Å². The molecule has 1 fully saturated rings. The molecule has 0 heterocycles. The van der Waals surface area contributed by atoms with Gasteiger partial charge in [0.05, 0.1) is 6.61 Å². The number of esters is 1. The molecule has 0 aromatic carbocycles. The zero-order chi connectivity index (χ0) is 15.9. The average molecular weight is 298 g/mol. The van der Waals surface area contributed by atoms with Crippen LogP contribution in [0.15, 0.2) is 0 Å². The van der Waals surface area contributed by atoms with Gasteiger partial charge in [0.2, 0.25) is 0 Å². The van der Waals surface area contributed by atoms with Gasteiger partial charge in [-0.1, -0.05) is 13.8 Å². The van der Waals surface area contributed by atoms with Crippen molar-refractivity contribution in [3.8, 4) is 0 Å². The molecule has 0 aromatic heterocycles. The summed E-state index contributed by atoms with van der Waals surface area (Å²) in [5.74, 6) is 0.379. The van der Waals surface area contributed by atoms with Crippen LogP contribution in [0.3, 0.4) is 0 Å². The van der Waals surface area contributed by atoms with E-state index < -0.39 is 5.54 Å². The lowest BCUT2D eigenvalue weighted by molar-refractivity contribution is -0.153. The monoisotopic (exact) mass is 298 g/mol. The van der Waals surface area contributed by atoms with Crippen molar-refractivity contribution in [1.82, 2.24) is 10.2 Å². The summed E-state index contributed by atoms with van der Waals surface area (Å²) >= 11 is 0. The fourth-order valence-corrected chi connectivity index (χ4v) is 2.94. The van der Waals surface area contributed by atoms with E-state index in [2.05, 4.69) is 37.9 Å². The summed E-state index contributed by atoms with van der Waals surface area (Å²) in [5, 5.41) is 3.56. The lowest BCUT2D eigenvalue weighted by Gasteiger charge is -2.39. The summed E-state index contributed by atoms with van der Waals surface area (Å²) in [6.45, 7) is 13.8. The van der Waals surface area contributed by atoms with Crippen LogP contribution in [0.2, 0.25) is 0 Å². The van der Waals surface area contributed by atoms with Crippen molar-refractivity contribution in [3.05, 3.63) is 0 Å². The van der Waals surface area contributed by atoms with Crippen molar-refractivity contribution < 1.29 is 9.53 Å². The number of nitrogens with zero attached hydrogens (tertiary/aromatic N) is 1. The lowest BCUT2D eigenvalue weighted by Crippen LogP contribution is -2.62. The maximum Gasteiger partial charge on any atom is 0.327 e. The molecule has 1 saturated carbocycles. The topological polar surface area (TPSA) is 41.6 Å². The van der Waals surface area contributed by atoms with Crippen molar-refractivity contribution in [3.63, 3.8) is 0 Å². The van der Waals surface area contributed by atoms with Gasteiger partial charge in [-0.05, 0) is 65.5 Å². The van der Waals surface area contributed by atoms with Crippen molar-refractivity contribution in [1.29, 1.82) is 0 Å². The summed E-state index contributed by atoms with van der Waals surface area (Å²) < 4.78 is 5.44. The Hall–Kier alpha value is -0.610. The zero-order valence-electron chi connectivity index (χ0n) is 14.6. The molecule has 1 aliphatic carbocycles. The first kappa shape index (κ1) is 18.4. The molecule has 21 heavy (non-hydrogen) atoms. The van der Waals surface area contributed by atoms with Gasteiger partial charge in [0.25, 0.3) is 0 Å². The molecule has 0 radical (unpaired) electrons. The van der Waals surface area contributed by atoms with Crippen molar-refractivity contribution in [2.75, 3.05) is 26.2 Å². The number of carbonyl (C=O) groups excluding carboxylic acids is 1. The van der Waals surface area contributed by atoms with Crippen LogP contribution in [-0.4, -0.2) is 48.7 Å². The van der Waals surface area contributed by atoms with Gasteiger partial charge in [-0.25, -0.2) is 4.79 Å². The number of nitrogens with one attached hydrogen (secondary N) is 1. The Bertz CT molecular complexity index is 316. The molecule has 0 aliphatic heterocycles. The molecule has 4 nitrogen and oxygen atoms in total. The van der Waals surface area contributed by atoms with Gasteiger partial charge in [-0.15, -0.1) is 0 Å². The highest BCUT2D eigenvalue weighted by Crippen LogP contribution is 2.41. The van der Waals surface area contributed by atoms with Crippen LogP contribution in [0.4, 0.5) is 0 Å². The molecule has 0 saturated heterocycles. The lowest BCUT2D eigenvalue weighted by atomic mass is 9.91. The largest absolute Gasteiger partial charge is 0.465 e. The van der Waals surface area contributed by atoms with E-state index >= 15 is 0 Å². The fraction of sp³-hybridized carbons (Fsp3) is 0.941. The minimum Gasteiger partial charge on any atom is -0.465 e. The Morgan fingerprint density at radius 3 is 2.38 bits per heavy atom. The summed E-state index contributed by atoms with van der Waals surface area (Å²) in [6, 6.07) is 0.445. The quantitative estimate of drug-likeness (QED) is 0.596. The molecule has 0 aromatic rings. The predicted octanol–water partition coefficient (Wildman–Crippen LogP) is 2.82. The van der Waals surface area contributed by atoms with Crippen LogP contribution >= 0.6 is 0 Å². The second kappa shape index (κ2) is 8.74. The van der Waals surface area contributed by atoms with Crippen LogP contribution < -0.4 is 5.32 Å². The van der Waals surface area contributed by atoms with E-state index in [0.717, 1.165) is 45.3 Å². The maximum atomic E-state index is 12.7. The van der Waals surface area contributed by atoms with E-state index in [1.807, 2.05) is 6.92 Å². The van der Waals surface area contributed by atoms with Crippen molar-refractivity contribution >= 4 is 5.97 Å². The van der Waals surface area contributed by atoms with Gasteiger partial charge >= 0.3 is 5.97 Å². The smallest absolute Gasteiger partial charge is 0.327 e. The molecular formula is C17H34N2O2. The first-order chi connectivity index (χ1) is 10.0. The Kier molecular flexibility index (Phi) is 7.67. The predicted molar refractivity (Wildman–Crippen MR) is 87.4 cm³/mol. The molecule has 1 aliphatic rings. The normalized spacial score (nSPS) is 18.0. The summed E-state index contributed by atoms with van der Waals surface area (Å²) in [7, 11) is 0. The molecule has 1 atom stereocenters. The highest BCUT2D eigenvalue weighted by Gasteiger charge is 2.52. The number of carbonyl (C=O) groups is 1. The van der Waals surface area contributed by atoms with Crippen LogP contribution in [0.1, 0.15) is 60.3 Å². The van der Waals surface area contributed by atoms with Crippen LogP contribution in [0, 0.1) is 5.92 Å². The third-order valence-corrected chi connectivity index (χ3v) is 4.30. The average Bonchev–Trinajstić information content (AvgIpc) is 3.27. The van der Waals surface area contributed by atoms with Gasteiger partial charge < -0.3 is 10.1 Å². The number of hydrogen-bond donors (Lipinski definition) is 1. The Morgan fingerprint density at radius 1 is 1.29 bits per heavy atom. The second-order valence-electron chi connectivity index (χ2n) is 6.46. The SMILES string of the molecule is CCCNC(CN(CCC)C(C)C)(C(=O)OCC)C1CC1.